The second-order valence-electron chi connectivity index (χ2n) is 7.20. The maximum atomic E-state index is 8.49. The van der Waals surface area contributed by atoms with Crippen LogP contribution in [-0.2, 0) is 6.16 Å². The first-order chi connectivity index (χ1) is 15.8. The maximum absolute atomic E-state index is 8.49. The maximum Gasteiger partial charge on any atom is 0.118 e. The molecule has 5 nitrogen and oxygen atoms in total. The Balaban J connectivity index is 0.000000555. The largest absolute Gasteiger partial charge is 0.497 e. The third-order valence-corrected chi connectivity index (χ3v) is 9.55. The first-order valence-electron chi connectivity index (χ1n) is 10.1. The minimum atomic E-state index is -4.94. The minimum Gasteiger partial charge on any atom is -0.497 e. The van der Waals surface area contributed by atoms with Gasteiger partial charge in [0.25, 0.3) is 0 Å². The van der Waals surface area contributed by atoms with Crippen molar-refractivity contribution in [3.05, 3.63) is 121 Å². The van der Waals surface area contributed by atoms with Gasteiger partial charge in [-0.15, -0.1) is 10.2 Å². The van der Waals surface area contributed by atoms with E-state index < -0.39 is 17.5 Å². The van der Waals surface area contributed by atoms with Gasteiger partial charge in [-0.2, -0.15) is 0 Å². The predicted molar refractivity (Wildman–Crippen MR) is 122 cm³/mol. The molecule has 0 radical (unpaired) electrons. The lowest BCUT2D eigenvalue weighted by Crippen LogP contribution is -2.68. The van der Waals surface area contributed by atoms with Gasteiger partial charge in [0.15, 0.2) is 0 Å². The highest BCUT2D eigenvalue weighted by Gasteiger charge is 2.45. The van der Waals surface area contributed by atoms with Gasteiger partial charge >= 0.3 is 0 Å². The van der Waals surface area contributed by atoms with E-state index in [1.807, 2.05) is 0 Å². The molecule has 0 aliphatic rings. The quantitative estimate of drug-likeness (QED) is 0.371. The molecule has 0 heterocycles. The van der Waals surface area contributed by atoms with E-state index in [1.54, 1.807) is 7.11 Å². The van der Waals surface area contributed by atoms with Crippen molar-refractivity contribution in [1.82, 2.24) is 0 Å². The summed E-state index contributed by atoms with van der Waals surface area (Å²) in [5, 5.41) is 4.22. The van der Waals surface area contributed by atoms with Gasteiger partial charge in [-0.25, -0.2) is 18.6 Å². The molecule has 4 rings (SSSR count). The van der Waals surface area contributed by atoms with Crippen molar-refractivity contribution < 1.29 is 33.6 Å². The first-order valence-corrected chi connectivity index (χ1v) is 13.3. The molecule has 0 spiro atoms. The zero-order valence-electron chi connectivity index (χ0n) is 18.0. The molecular weight excluding hydrogens is 459 g/mol. The zero-order chi connectivity index (χ0) is 23.7. The van der Waals surface area contributed by atoms with E-state index in [4.69, 9.17) is 23.4 Å². The van der Waals surface area contributed by atoms with Crippen LogP contribution in [0.5, 0.6) is 5.75 Å². The predicted octanol–water partition coefficient (Wildman–Crippen LogP) is 0.433. The van der Waals surface area contributed by atoms with Crippen molar-refractivity contribution in [3.8, 4) is 5.75 Å². The highest BCUT2D eigenvalue weighted by Crippen LogP contribution is 2.58. The van der Waals surface area contributed by atoms with Crippen LogP contribution in [-0.4, -0.2) is 7.11 Å². The van der Waals surface area contributed by atoms with Crippen LogP contribution in [0.4, 0.5) is 0 Å². The second-order valence-corrected chi connectivity index (χ2v) is 11.4. The Morgan fingerprint density at radius 1 is 0.576 bits per heavy atom. The van der Waals surface area contributed by atoms with E-state index in [0.29, 0.717) is 0 Å². The summed E-state index contributed by atoms with van der Waals surface area (Å²) >= 11 is 0. The Bertz CT molecular complexity index is 1000. The Morgan fingerprint density at radius 2 is 0.909 bits per heavy atom. The third-order valence-electron chi connectivity index (χ3n) is 5.17. The van der Waals surface area contributed by atoms with Crippen molar-refractivity contribution in [2.45, 2.75) is 6.16 Å². The molecule has 0 saturated heterocycles. The van der Waals surface area contributed by atoms with Gasteiger partial charge in [-0.3, -0.25) is 0 Å². The van der Waals surface area contributed by atoms with E-state index in [9.17, 15) is 0 Å². The molecule has 0 atom stereocenters. The van der Waals surface area contributed by atoms with Crippen LogP contribution in [0.3, 0.4) is 0 Å². The van der Waals surface area contributed by atoms with Gasteiger partial charge in [-0.1, -0.05) is 66.7 Å². The van der Waals surface area contributed by atoms with Gasteiger partial charge in [0.1, 0.15) is 28.9 Å². The van der Waals surface area contributed by atoms with Gasteiger partial charge < -0.3 is 4.74 Å². The van der Waals surface area contributed by atoms with Gasteiger partial charge in [0.05, 0.1) is 13.3 Å². The molecule has 0 fully saturated rings. The molecular formula is C26H24ClO5P. The smallest absolute Gasteiger partial charge is 0.118 e. The fourth-order valence-corrected chi connectivity index (χ4v) is 8.02. The number of benzene rings is 4. The van der Waals surface area contributed by atoms with Crippen LogP contribution in [0, 0.1) is 10.2 Å². The van der Waals surface area contributed by atoms with Crippen molar-refractivity contribution in [2.75, 3.05) is 7.11 Å². The molecule has 0 N–H and O–H groups in total. The molecule has 0 unspecified atom stereocenters. The molecule has 7 heteroatoms. The monoisotopic (exact) mass is 482 g/mol. The van der Waals surface area contributed by atoms with Crippen LogP contribution in [0.2, 0.25) is 0 Å². The summed E-state index contributed by atoms with van der Waals surface area (Å²) < 4.78 is 39.3. The van der Waals surface area contributed by atoms with Crippen LogP contribution >= 0.6 is 7.26 Å². The average molecular weight is 483 g/mol. The summed E-state index contributed by atoms with van der Waals surface area (Å²) in [6.07, 6.45) is 0.981. The number of hydrogen-bond acceptors (Lipinski definition) is 5. The Labute approximate surface area is 196 Å². The summed E-state index contributed by atoms with van der Waals surface area (Å²) in [4.78, 5) is 0. The van der Waals surface area contributed by atoms with Crippen molar-refractivity contribution in [3.63, 3.8) is 0 Å². The molecule has 0 saturated carbocycles. The number of rotatable bonds is 6. The van der Waals surface area contributed by atoms with Crippen molar-refractivity contribution >= 4 is 23.2 Å². The van der Waals surface area contributed by atoms with Crippen molar-refractivity contribution in [2.24, 2.45) is 0 Å². The molecule has 33 heavy (non-hydrogen) atoms. The fraction of sp³-hybridized carbons (Fsp3) is 0.0769. The average Bonchev–Trinajstić information content (AvgIpc) is 2.83. The summed E-state index contributed by atoms with van der Waals surface area (Å²) in [6, 6.07) is 41.5. The van der Waals surface area contributed by atoms with Gasteiger partial charge in [0, 0.05) is 0 Å². The summed E-state index contributed by atoms with van der Waals surface area (Å²) in [6.45, 7) is 0. The van der Waals surface area contributed by atoms with Crippen LogP contribution in [0.25, 0.3) is 0 Å². The summed E-state index contributed by atoms with van der Waals surface area (Å²) in [7, 11) is -5.07. The normalized spacial score (nSPS) is 11.3. The molecule has 0 aliphatic heterocycles. The Morgan fingerprint density at radius 3 is 1.21 bits per heavy atom. The van der Waals surface area contributed by atoms with E-state index in [2.05, 4.69) is 115 Å². The lowest BCUT2D eigenvalue weighted by Gasteiger charge is -2.27. The Kier molecular flexibility index (Phi) is 8.59. The molecule has 0 aromatic heterocycles. The van der Waals surface area contributed by atoms with E-state index in [-0.39, 0.29) is 0 Å². The van der Waals surface area contributed by atoms with Crippen LogP contribution in [0.1, 0.15) is 5.56 Å². The lowest BCUT2D eigenvalue weighted by molar-refractivity contribution is -2.00. The highest BCUT2D eigenvalue weighted by atomic mass is 35.7. The Hall–Kier alpha value is -2.76. The topological polar surface area (TPSA) is 101 Å². The zero-order valence-corrected chi connectivity index (χ0v) is 19.7. The molecule has 0 amide bonds. The standard InChI is InChI=1S/C26H24OP.ClHO4/c1-27-23-19-17-22(18-20-23)21-28(24-11-5-2-6-12-24,25-13-7-3-8-14-25)26-15-9-4-10-16-26;2-1(3,4)5/h2-20H,21H2,1H3;(H,2,3,4,5)/q+1;/p-1. The number of halogens is 1. The fourth-order valence-electron chi connectivity index (χ4n) is 3.77. The molecule has 0 bridgehead atoms. The van der Waals surface area contributed by atoms with Crippen molar-refractivity contribution in [1.29, 1.82) is 0 Å². The number of methoxy groups -OCH3 is 1. The lowest BCUT2D eigenvalue weighted by atomic mass is 10.2. The van der Waals surface area contributed by atoms with Gasteiger partial charge in [-0.05, 0) is 54.1 Å². The highest BCUT2D eigenvalue weighted by molar-refractivity contribution is 7.95. The molecule has 4 aromatic carbocycles. The molecule has 4 aromatic rings. The summed E-state index contributed by atoms with van der Waals surface area (Å²) in [5.74, 6) is 0.895. The van der Waals surface area contributed by atoms with E-state index in [0.717, 1.165) is 11.9 Å². The minimum absolute atomic E-state index is 0.895. The SMILES string of the molecule is COc1ccc(C[P+](c2ccccc2)(c2ccccc2)c2ccccc2)cc1.[O-][Cl+3]([O-])([O-])[O-]. The van der Waals surface area contributed by atoms with Gasteiger partial charge in [0.2, 0.25) is 0 Å². The van der Waals surface area contributed by atoms with E-state index in [1.165, 1.54) is 21.5 Å². The third kappa shape index (κ3) is 6.86. The number of hydrogen-bond donors (Lipinski definition) is 0. The number of ether oxygens (including phenoxy) is 1. The molecule has 0 aliphatic carbocycles. The van der Waals surface area contributed by atoms with Crippen LogP contribution < -0.4 is 39.3 Å². The first kappa shape index (κ1) is 24.9. The second kappa shape index (κ2) is 11.4. The van der Waals surface area contributed by atoms with E-state index >= 15 is 0 Å². The van der Waals surface area contributed by atoms with Crippen LogP contribution in [0.15, 0.2) is 115 Å². The summed E-state index contributed by atoms with van der Waals surface area (Å²) in [5.41, 5.74) is 1.32. The molecule has 170 valence electrons.